The number of anilines is 1. The first kappa shape index (κ1) is 30.3. The first-order chi connectivity index (χ1) is 20.8. The summed E-state index contributed by atoms with van der Waals surface area (Å²) in [5.41, 5.74) is 9.84. The predicted molar refractivity (Wildman–Crippen MR) is 164 cm³/mol. The third kappa shape index (κ3) is 5.07. The molecule has 3 atom stereocenters. The lowest BCUT2D eigenvalue weighted by Crippen LogP contribution is -2.42. The molecule has 2 N–H and O–H groups in total. The number of rotatable bonds is 9. The summed E-state index contributed by atoms with van der Waals surface area (Å²) in [6.45, 7) is 3.85. The molecule has 0 unspecified atom stereocenters. The number of halogens is 2. The molecule has 1 aliphatic carbocycles. The van der Waals surface area contributed by atoms with Crippen LogP contribution < -0.4 is 14.8 Å². The molecule has 11 nitrogen and oxygen atoms in total. The Hall–Kier alpha value is -3.78. The maximum atomic E-state index is 13.8. The summed E-state index contributed by atoms with van der Waals surface area (Å²) < 4.78 is 61.5. The number of alkyl halides is 2. The van der Waals surface area contributed by atoms with E-state index in [2.05, 4.69) is 11.9 Å². The van der Waals surface area contributed by atoms with Crippen LogP contribution in [0.25, 0.3) is 28.1 Å². The molecule has 236 valence electrons. The van der Waals surface area contributed by atoms with Crippen LogP contribution in [0.3, 0.4) is 0 Å². The van der Waals surface area contributed by atoms with Crippen molar-refractivity contribution in [2.45, 2.75) is 65.2 Å². The van der Waals surface area contributed by atoms with Crippen LogP contribution >= 0.6 is 0 Å². The van der Waals surface area contributed by atoms with Crippen molar-refractivity contribution in [1.82, 2.24) is 23.8 Å². The number of aryl methyl sites for hydroxylation is 1. The fraction of sp³-hybridized carbons (Fsp3) is 0.500. The number of aromatic nitrogens is 4. The Balaban J connectivity index is 1.48. The lowest BCUT2D eigenvalue weighted by molar-refractivity contribution is 0.0724. The van der Waals surface area contributed by atoms with E-state index in [1.807, 2.05) is 33.8 Å². The molecular weight excluding hydrogens is 592 g/mol. The Labute approximate surface area is 254 Å². The highest BCUT2D eigenvalue weighted by Crippen LogP contribution is 2.38. The van der Waals surface area contributed by atoms with E-state index < -0.39 is 16.6 Å². The van der Waals surface area contributed by atoms with Gasteiger partial charge in [0.2, 0.25) is 10.0 Å². The smallest absolute Gasteiger partial charge is 0.329 e. The number of likely N-dealkylation sites (tertiary alicyclic amines) is 1. The predicted octanol–water partition coefficient (Wildman–Crippen LogP) is 4.26. The Kier molecular flexibility index (Phi) is 7.55. The second kappa shape index (κ2) is 11.0. The van der Waals surface area contributed by atoms with E-state index in [0.29, 0.717) is 58.5 Å². The van der Waals surface area contributed by atoms with Gasteiger partial charge in [0.1, 0.15) is 22.8 Å². The molecule has 1 aliphatic heterocycles. The monoisotopic (exact) mass is 629 g/mol. The maximum Gasteiger partial charge on any atom is 0.329 e. The van der Waals surface area contributed by atoms with Crippen LogP contribution in [-0.4, -0.2) is 76.7 Å². The third-order valence-corrected chi connectivity index (χ3v) is 9.97. The van der Waals surface area contributed by atoms with Crippen molar-refractivity contribution in [2.75, 3.05) is 24.2 Å². The highest BCUT2D eigenvalue weighted by Gasteiger charge is 2.39. The van der Waals surface area contributed by atoms with Crippen molar-refractivity contribution >= 4 is 38.4 Å². The molecule has 0 aromatic carbocycles. The first-order valence-electron chi connectivity index (χ1n) is 14.8. The topological polar surface area (TPSA) is 128 Å². The number of carbonyl (C=O) groups is 1. The summed E-state index contributed by atoms with van der Waals surface area (Å²) in [6.07, 6.45) is 3.52. The van der Waals surface area contributed by atoms with Crippen LogP contribution in [0.2, 0.25) is 0 Å². The number of methoxy groups -OCH3 is 1. The molecule has 4 aromatic rings. The number of hydrogen-bond donors (Lipinski definition) is 1. The van der Waals surface area contributed by atoms with Crippen LogP contribution in [0.4, 0.5) is 14.6 Å². The van der Waals surface area contributed by atoms with Gasteiger partial charge in [0, 0.05) is 42.2 Å². The lowest BCUT2D eigenvalue weighted by atomic mass is 10.0. The standard InChI is InChI=1S/C30H37F2N7O4S/c1-6-21-26(33)16(2)14-37(21)29(40)20-12-24-34-27(17(3)38(24)25(13-20)43-4)22-11-19-9-10-23(39(30(31)32)44(5,41)42)35-28(19)36(22)15-18-7-8-18/h9-13,16,18,21,26,30H,6-8,14-15,33H2,1-5H3/t16-,21-,26-/m1/s1. The molecule has 1 saturated carbocycles. The Morgan fingerprint density at radius 1 is 1.20 bits per heavy atom. The van der Waals surface area contributed by atoms with E-state index in [9.17, 15) is 22.0 Å². The minimum Gasteiger partial charge on any atom is -0.482 e. The zero-order valence-corrected chi connectivity index (χ0v) is 26.2. The van der Waals surface area contributed by atoms with Crippen LogP contribution in [-0.2, 0) is 16.6 Å². The fourth-order valence-electron chi connectivity index (χ4n) is 6.43. The summed E-state index contributed by atoms with van der Waals surface area (Å²) >= 11 is 0. The molecule has 1 saturated heterocycles. The maximum absolute atomic E-state index is 13.8. The summed E-state index contributed by atoms with van der Waals surface area (Å²) in [5.74, 6) is 0.524. The van der Waals surface area contributed by atoms with Gasteiger partial charge in [0.15, 0.2) is 5.88 Å². The van der Waals surface area contributed by atoms with Gasteiger partial charge in [-0.05, 0) is 62.3 Å². The summed E-state index contributed by atoms with van der Waals surface area (Å²) in [4.78, 5) is 25.0. The molecule has 6 rings (SSSR count). The number of ether oxygens (including phenoxy) is 1. The molecule has 0 spiro atoms. The molecule has 0 bridgehead atoms. The zero-order valence-electron chi connectivity index (χ0n) is 25.4. The van der Waals surface area contributed by atoms with E-state index >= 15 is 0 Å². The molecule has 44 heavy (non-hydrogen) atoms. The highest BCUT2D eigenvalue weighted by molar-refractivity contribution is 7.92. The highest BCUT2D eigenvalue weighted by atomic mass is 32.2. The molecule has 4 aromatic heterocycles. The van der Waals surface area contributed by atoms with E-state index in [4.69, 9.17) is 15.5 Å². The van der Waals surface area contributed by atoms with Gasteiger partial charge in [-0.2, -0.15) is 13.1 Å². The average Bonchev–Trinajstić information content (AvgIpc) is 3.55. The summed E-state index contributed by atoms with van der Waals surface area (Å²) in [5, 5.41) is 0.663. The molecule has 1 amide bonds. The van der Waals surface area contributed by atoms with E-state index in [0.717, 1.165) is 31.2 Å². The van der Waals surface area contributed by atoms with Gasteiger partial charge in [-0.1, -0.05) is 13.8 Å². The number of carbonyl (C=O) groups excluding carboxylic acids is 1. The Morgan fingerprint density at radius 2 is 1.93 bits per heavy atom. The summed E-state index contributed by atoms with van der Waals surface area (Å²) in [6, 6.07) is 8.07. The van der Waals surface area contributed by atoms with E-state index in [1.165, 1.54) is 13.2 Å². The minimum absolute atomic E-state index is 0.0250. The SMILES string of the molecule is CC[C@@H]1[C@H](N)[C@H](C)CN1C(=O)c1cc(OC)n2c(C)c(-c3cc4ccc(N(C(F)F)S(C)(=O)=O)nc4n3CC3CC3)nc2c1. The number of pyridine rings is 2. The number of amides is 1. The van der Waals surface area contributed by atoms with Crippen LogP contribution in [0.1, 0.15) is 49.2 Å². The first-order valence-corrected chi connectivity index (χ1v) is 16.6. The number of hydrogen-bond acceptors (Lipinski definition) is 7. The second-order valence-corrected chi connectivity index (χ2v) is 13.9. The summed E-state index contributed by atoms with van der Waals surface area (Å²) in [7, 11) is -2.73. The lowest BCUT2D eigenvalue weighted by Gasteiger charge is -2.26. The number of nitrogens with two attached hydrogens (primary N) is 1. The van der Waals surface area contributed by atoms with Crippen LogP contribution in [0, 0.1) is 18.8 Å². The van der Waals surface area contributed by atoms with Gasteiger partial charge < -0.3 is 19.9 Å². The van der Waals surface area contributed by atoms with Crippen molar-refractivity contribution in [1.29, 1.82) is 0 Å². The number of imidazole rings is 1. The van der Waals surface area contributed by atoms with Gasteiger partial charge in [-0.3, -0.25) is 9.20 Å². The van der Waals surface area contributed by atoms with Crippen molar-refractivity contribution in [3.8, 4) is 17.3 Å². The van der Waals surface area contributed by atoms with E-state index in [1.54, 1.807) is 18.2 Å². The van der Waals surface area contributed by atoms with Crippen LogP contribution in [0.5, 0.6) is 5.88 Å². The van der Waals surface area contributed by atoms with Crippen molar-refractivity contribution in [2.24, 2.45) is 17.6 Å². The van der Waals surface area contributed by atoms with Gasteiger partial charge in [0.05, 0.1) is 24.8 Å². The van der Waals surface area contributed by atoms with Crippen molar-refractivity contribution in [3.05, 3.63) is 41.6 Å². The average molecular weight is 630 g/mol. The Morgan fingerprint density at radius 3 is 2.55 bits per heavy atom. The zero-order chi connectivity index (χ0) is 31.7. The van der Waals surface area contributed by atoms with Gasteiger partial charge in [-0.25, -0.2) is 18.4 Å². The molecule has 2 fully saturated rings. The minimum atomic E-state index is -4.27. The molecule has 2 aliphatic rings. The van der Waals surface area contributed by atoms with Crippen molar-refractivity contribution < 1.29 is 26.7 Å². The third-order valence-electron chi connectivity index (χ3n) is 8.91. The fourth-order valence-corrected chi connectivity index (χ4v) is 7.16. The molecule has 14 heteroatoms. The number of sulfonamides is 1. The number of fused-ring (bicyclic) bond motifs is 2. The molecule has 5 heterocycles. The van der Waals surface area contributed by atoms with Gasteiger partial charge >= 0.3 is 6.55 Å². The normalized spacial score (nSPS) is 20.8. The van der Waals surface area contributed by atoms with E-state index in [-0.39, 0.29) is 34.0 Å². The quantitative estimate of drug-likeness (QED) is 0.274. The van der Waals surface area contributed by atoms with Gasteiger partial charge in [0.25, 0.3) is 5.91 Å². The number of nitrogens with zero attached hydrogens (tertiary/aromatic N) is 6. The largest absolute Gasteiger partial charge is 0.482 e. The van der Waals surface area contributed by atoms with Gasteiger partial charge in [-0.15, -0.1) is 0 Å². The van der Waals surface area contributed by atoms with Crippen molar-refractivity contribution in [3.63, 3.8) is 0 Å². The Bertz CT molecular complexity index is 1870. The van der Waals surface area contributed by atoms with Crippen LogP contribution in [0.15, 0.2) is 30.3 Å². The molecular formula is C30H37F2N7O4S. The second-order valence-electron chi connectivity index (χ2n) is 12.0. The molecule has 0 radical (unpaired) electrons.